The molecule has 26 heavy (non-hydrogen) atoms. The number of carbonyl (C=O) groups is 1. The molecule has 0 spiro atoms. The van der Waals surface area contributed by atoms with Crippen molar-refractivity contribution in [1.82, 2.24) is 14.7 Å². The summed E-state index contributed by atoms with van der Waals surface area (Å²) in [6.45, 7) is 0.875. The molecule has 0 saturated heterocycles. The van der Waals surface area contributed by atoms with Crippen LogP contribution in [0.1, 0.15) is 21.6 Å². The molecule has 6 heteroatoms. The van der Waals surface area contributed by atoms with Gasteiger partial charge in [-0.2, -0.15) is 5.10 Å². The van der Waals surface area contributed by atoms with Crippen molar-refractivity contribution in [3.63, 3.8) is 0 Å². The third-order valence-electron chi connectivity index (χ3n) is 3.89. The molecule has 134 valence electrons. The molecule has 0 saturated carbocycles. The molecule has 0 aliphatic heterocycles. The highest BCUT2D eigenvalue weighted by atomic mass is 79.9. The van der Waals surface area contributed by atoms with Gasteiger partial charge in [-0.3, -0.25) is 9.48 Å². The van der Waals surface area contributed by atoms with Crippen LogP contribution in [0.5, 0.6) is 5.75 Å². The fourth-order valence-corrected chi connectivity index (χ4v) is 2.98. The maximum absolute atomic E-state index is 12.7. The SMILES string of the molecule is CN(Cc1ccn(C)n1)C(=O)c1cccc(COc2cccc(Br)c2)c1. The second kappa shape index (κ2) is 8.19. The smallest absolute Gasteiger partial charge is 0.253 e. The van der Waals surface area contributed by atoms with Crippen molar-refractivity contribution in [3.8, 4) is 5.75 Å². The Morgan fingerprint density at radius 1 is 1.19 bits per heavy atom. The first-order valence-electron chi connectivity index (χ1n) is 8.22. The van der Waals surface area contributed by atoms with Crippen molar-refractivity contribution >= 4 is 21.8 Å². The van der Waals surface area contributed by atoms with Gasteiger partial charge in [0.25, 0.3) is 5.91 Å². The Kier molecular flexibility index (Phi) is 5.73. The number of carbonyl (C=O) groups excluding carboxylic acids is 1. The molecule has 0 N–H and O–H groups in total. The lowest BCUT2D eigenvalue weighted by molar-refractivity contribution is 0.0783. The van der Waals surface area contributed by atoms with Crippen LogP contribution >= 0.6 is 15.9 Å². The van der Waals surface area contributed by atoms with E-state index in [0.29, 0.717) is 18.7 Å². The van der Waals surface area contributed by atoms with E-state index in [2.05, 4.69) is 21.0 Å². The van der Waals surface area contributed by atoms with Crippen LogP contribution in [-0.2, 0) is 20.2 Å². The number of hydrogen-bond donors (Lipinski definition) is 0. The fourth-order valence-electron chi connectivity index (χ4n) is 2.60. The maximum Gasteiger partial charge on any atom is 0.253 e. The van der Waals surface area contributed by atoms with E-state index in [1.54, 1.807) is 16.6 Å². The topological polar surface area (TPSA) is 47.4 Å². The molecule has 0 bridgehead atoms. The average Bonchev–Trinajstić information content (AvgIpc) is 3.04. The van der Waals surface area contributed by atoms with Gasteiger partial charge in [0.05, 0.1) is 12.2 Å². The molecule has 0 aliphatic carbocycles. The monoisotopic (exact) mass is 413 g/mol. The predicted molar refractivity (Wildman–Crippen MR) is 104 cm³/mol. The van der Waals surface area contributed by atoms with E-state index in [9.17, 15) is 4.79 Å². The van der Waals surface area contributed by atoms with E-state index in [1.807, 2.05) is 67.8 Å². The van der Waals surface area contributed by atoms with Crippen molar-refractivity contribution in [2.75, 3.05) is 7.05 Å². The molecule has 0 atom stereocenters. The summed E-state index contributed by atoms with van der Waals surface area (Å²) in [6, 6.07) is 17.1. The summed E-state index contributed by atoms with van der Waals surface area (Å²) < 4.78 is 8.50. The third-order valence-corrected chi connectivity index (χ3v) is 4.38. The highest BCUT2D eigenvalue weighted by molar-refractivity contribution is 9.10. The summed E-state index contributed by atoms with van der Waals surface area (Å²) in [7, 11) is 3.64. The number of hydrogen-bond acceptors (Lipinski definition) is 3. The summed E-state index contributed by atoms with van der Waals surface area (Å²) >= 11 is 3.43. The molecule has 1 aromatic heterocycles. The largest absolute Gasteiger partial charge is 0.489 e. The van der Waals surface area contributed by atoms with Gasteiger partial charge in [-0.15, -0.1) is 0 Å². The Bertz CT molecular complexity index is 907. The van der Waals surface area contributed by atoms with Crippen LogP contribution in [0.15, 0.2) is 65.3 Å². The van der Waals surface area contributed by atoms with Crippen LogP contribution in [0.25, 0.3) is 0 Å². The number of ether oxygens (including phenoxy) is 1. The van der Waals surface area contributed by atoms with Crippen LogP contribution < -0.4 is 4.74 Å². The number of nitrogens with zero attached hydrogens (tertiary/aromatic N) is 3. The molecule has 5 nitrogen and oxygen atoms in total. The predicted octanol–water partition coefficient (Wildman–Crippen LogP) is 4.03. The molecule has 0 fully saturated rings. The van der Waals surface area contributed by atoms with E-state index in [0.717, 1.165) is 21.5 Å². The van der Waals surface area contributed by atoms with E-state index in [1.165, 1.54) is 0 Å². The quantitative estimate of drug-likeness (QED) is 0.612. The number of amides is 1. The molecule has 2 aromatic carbocycles. The van der Waals surface area contributed by atoms with Gasteiger partial charge in [0.15, 0.2) is 0 Å². The summed E-state index contributed by atoms with van der Waals surface area (Å²) in [5.41, 5.74) is 2.44. The lowest BCUT2D eigenvalue weighted by atomic mass is 10.1. The van der Waals surface area contributed by atoms with Crippen LogP contribution in [0.3, 0.4) is 0 Å². The Hall–Kier alpha value is -2.60. The van der Waals surface area contributed by atoms with Gasteiger partial charge >= 0.3 is 0 Å². The van der Waals surface area contributed by atoms with Gasteiger partial charge in [0.1, 0.15) is 12.4 Å². The summed E-state index contributed by atoms with van der Waals surface area (Å²) in [6.07, 6.45) is 1.87. The Morgan fingerprint density at radius 2 is 2.00 bits per heavy atom. The zero-order valence-electron chi connectivity index (χ0n) is 14.7. The second-order valence-corrected chi connectivity index (χ2v) is 7.00. The van der Waals surface area contributed by atoms with Gasteiger partial charge in [-0.1, -0.05) is 34.1 Å². The second-order valence-electron chi connectivity index (χ2n) is 6.09. The Labute approximate surface area is 161 Å². The molecule has 1 heterocycles. The van der Waals surface area contributed by atoms with Crippen molar-refractivity contribution in [2.24, 2.45) is 7.05 Å². The zero-order valence-corrected chi connectivity index (χ0v) is 16.3. The minimum atomic E-state index is -0.0417. The van der Waals surface area contributed by atoms with Crippen LogP contribution in [0, 0.1) is 0 Å². The van der Waals surface area contributed by atoms with E-state index in [4.69, 9.17) is 4.74 Å². The Balaban J connectivity index is 1.65. The van der Waals surface area contributed by atoms with Crippen LogP contribution in [0.4, 0.5) is 0 Å². The van der Waals surface area contributed by atoms with Gasteiger partial charge < -0.3 is 9.64 Å². The number of rotatable bonds is 6. The zero-order chi connectivity index (χ0) is 18.5. The average molecular weight is 414 g/mol. The molecule has 0 unspecified atom stereocenters. The van der Waals surface area contributed by atoms with E-state index >= 15 is 0 Å². The first kappa shape index (κ1) is 18.2. The summed E-state index contributed by atoms with van der Waals surface area (Å²) in [5.74, 6) is 0.739. The highest BCUT2D eigenvalue weighted by Gasteiger charge is 2.13. The molecule has 1 amide bonds. The highest BCUT2D eigenvalue weighted by Crippen LogP contribution is 2.19. The molecular formula is C20H20BrN3O2. The van der Waals surface area contributed by atoms with Crippen molar-refractivity contribution in [2.45, 2.75) is 13.2 Å². The minimum absolute atomic E-state index is 0.0417. The van der Waals surface area contributed by atoms with E-state index in [-0.39, 0.29) is 5.91 Å². The lowest BCUT2D eigenvalue weighted by Crippen LogP contribution is -2.26. The normalized spacial score (nSPS) is 10.6. The number of benzene rings is 2. The minimum Gasteiger partial charge on any atom is -0.489 e. The number of aryl methyl sites for hydroxylation is 1. The van der Waals surface area contributed by atoms with Crippen LogP contribution in [0.2, 0.25) is 0 Å². The first-order valence-corrected chi connectivity index (χ1v) is 9.02. The van der Waals surface area contributed by atoms with Crippen molar-refractivity contribution in [3.05, 3.63) is 82.1 Å². The van der Waals surface area contributed by atoms with Gasteiger partial charge in [-0.05, 0) is 42.0 Å². The van der Waals surface area contributed by atoms with Crippen molar-refractivity contribution < 1.29 is 9.53 Å². The van der Waals surface area contributed by atoms with Gasteiger partial charge in [0, 0.05) is 30.3 Å². The van der Waals surface area contributed by atoms with Gasteiger partial charge in [-0.25, -0.2) is 0 Å². The maximum atomic E-state index is 12.7. The lowest BCUT2D eigenvalue weighted by Gasteiger charge is -2.16. The first-order chi connectivity index (χ1) is 12.5. The third kappa shape index (κ3) is 4.73. The fraction of sp³-hybridized carbons (Fsp3) is 0.200. The Morgan fingerprint density at radius 3 is 2.73 bits per heavy atom. The standard InChI is InChI=1S/C20H20BrN3O2/c1-23(13-18-9-10-24(2)22-18)20(25)16-6-3-5-15(11-16)14-26-19-8-4-7-17(21)12-19/h3-12H,13-14H2,1-2H3. The summed E-state index contributed by atoms with van der Waals surface area (Å²) in [5, 5.41) is 4.31. The molecule has 0 aliphatic rings. The van der Waals surface area contributed by atoms with Gasteiger partial charge in [0.2, 0.25) is 0 Å². The molecule has 0 radical (unpaired) electrons. The number of halogens is 1. The van der Waals surface area contributed by atoms with E-state index < -0.39 is 0 Å². The van der Waals surface area contributed by atoms with Crippen molar-refractivity contribution in [1.29, 1.82) is 0 Å². The molecular weight excluding hydrogens is 394 g/mol. The molecule has 3 rings (SSSR count). The number of aromatic nitrogens is 2. The van der Waals surface area contributed by atoms with Crippen LogP contribution in [-0.4, -0.2) is 27.6 Å². The summed E-state index contributed by atoms with van der Waals surface area (Å²) in [4.78, 5) is 14.3. The molecule has 3 aromatic rings.